The quantitative estimate of drug-likeness (QED) is 0.675. The molecule has 27 heavy (non-hydrogen) atoms. The highest BCUT2D eigenvalue weighted by molar-refractivity contribution is 7.89. The monoisotopic (exact) mass is 389 g/mol. The van der Waals surface area contributed by atoms with Crippen LogP contribution < -0.4 is 15.4 Å². The minimum Gasteiger partial charge on any atom is -0.348 e. The summed E-state index contributed by atoms with van der Waals surface area (Å²) in [6.07, 6.45) is 0. The normalized spacial score (nSPS) is 11.3. The van der Waals surface area contributed by atoms with E-state index in [-0.39, 0.29) is 34.9 Å². The SMILES string of the molecule is CC(=O)Nc1cccc(CNC(=O)c2cccc(S(=O)(=O)NC(C)C)c2)c1. The molecule has 2 rings (SSSR count). The number of carbonyl (C=O) groups is 2. The summed E-state index contributed by atoms with van der Waals surface area (Å²) >= 11 is 0. The highest BCUT2D eigenvalue weighted by atomic mass is 32.2. The average Bonchev–Trinajstić information content (AvgIpc) is 2.58. The molecule has 2 aromatic carbocycles. The Hall–Kier alpha value is -2.71. The van der Waals surface area contributed by atoms with Gasteiger partial charge in [0.2, 0.25) is 15.9 Å². The van der Waals surface area contributed by atoms with Crippen LogP contribution in [0, 0.1) is 0 Å². The van der Waals surface area contributed by atoms with Gasteiger partial charge in [-0.15, -0.1) is 0 Å². The number of hydrogen-bond donors (Lipinski definition) is 3. The summed E-state index contributed by atoms with van der Waals surface area (Å²) in [5.41, 5.74) is 1.70. The molecule has 0 aliphatic heterocycles. The van der Waals surface area contributed by atoms with Crippen LogP contribution in [0.15, 0.2) is 53.4 Å². The summed E-state index contributed by atoms with van der Waals surface area (Å²) < 4.78 is 27.0. The molecule has 0 radical (unpaired) electrons. The van der Waals surface area contributed by atoms with Crippen LogP contribution in [0.1, 0.15) is 36.7 Å². The lowest BCUT2D eigenvalue weighted by Gasteiger charge is -2.11. The first-order chi connectivity index (χ1) is 12.7. The van der Waals surface area contributed by atoms with Gasteiger partial charge in [-0.1, -0.05) is 18.2 Å². The van der Waals surface area contributed by atoms with Gasteiger partial charge >= 0.3 is 0 Å². The fraction of sp³-hybridized carbons (Fsp3) is 0.263. The maximum absolute atomic E-state index is 12.4. The lowest BCUT2D eigenvalue weighted by atomic mass is 10.1. The van der Waals surface area contributed by atoms with E-state index in [1.165, 1.54) is 25.1 Å². The third-order valence-corrected chi connectivity index (χ3v) is 5.15. The smallest absolute Gasteiger partial charge is 0.251 e. The molecule has 0 aromatic heterocycles. The summed E-state index contributed by atoms with van der Waals surface area (Å²) in [7, 11) is -3.67. The molecule has 0 saturated carbocycles. The van der Waals surface area contributed by atoms with Gasteiger partial charge in [0.1, 0.15) is 0 Å². The Morgan fingerprint density at radius 2 is 1.74 bits per heavy atom. The summed E-state index contributed by atoms with van der Waals surface area (Å²) in [6, 6.07) is 12.7. The van der Waals surface area contributed by atoms with Crippen molar-refractivity contribution < 1.29 is 18.0 Å². The van der Waals surface area contributed by atoms with Crippen molar-refractivity contribution in [2.24, 2.45) is 0 Å². The van der Waals surface area contributed by atoms with Gasteiger partial charge in [0, 0.05) is 30.8 Å². The molecule has 0 heterocycles. The number of nitrogens with one attached hydrogen (secondary N) is 3. The van der Waals surface area contributed by atoms with Crippen LogP contribution in [0.4, 0.5) is 5.69 Å². The molecule has 2 amide bonds. The van der Waals surface area contributed by atoms with E-state index in [9.17, 15) is 18.0 Å². The first-order valence-corrected chi connectivity index (χ1v) is 9.93. The Bertz CT molecular complexity index is 939. The lowest BCUT2D eigenvalue weighted by Crippen LogP contribution is -2.30. The van der Waals surface area contributed by atoms with Gasteiger partial charge in [-0.25, -0.2) is 13.1 Å². The zero-order chi connectivity index (χ0) is 20.0. The summed E-state index contributed by atoms with van der Waals surface area (Å²) in [4.78, 5) is 23.5. The van der Waals surface area contributed by atoms with E-state index in [1.807, 2.05) is 6.07 Å². The number of anilines is 1. The van der Waals surface area contributed by atoms with Crippen LogP contribution in [-0.2, 0) is 21.4 Å². The standard InChI is InChI=1S/C19H23N3O4S/c1-13(2)22-27(25,26)18-9-5-7-16(11-18)19(24)20-12-15-6-4-8-17(10-15)21-14(3)23/h4-11,13,22H,12H2,1-3H3,(H,20,24)(H,21,23). The summed E-state index contributed by atoms with van der Waals surface area (Å²) in [5, 5.41) is 5.43. The molecule has 0 fully saturated rings. The van der Waals surface area contributed by atoms with Crippen LogP contribution >= 0.6 is 0 Å². The van der Waals surface area contributed by atoms with E-state index in [4.69, 9.17) is 0 Å². The van der Waals surface area contributed by atoms with Crippen LogP contribution in [0.5, 0.6) is 0 Å². The van der Waals surface area contributed by atoms with E-state index in [0.29, 0.717) is 5.69 Å². The number of rotatable bonds is 7. The fourth-order valence-electron chi connectivity index (χ4n) is 2.43. The molecular weight excluding hydrogens is 366 g/mol. The predicted molar refractivity (Wildman–Crippen MR) is 104 cm³/mol. The van der Waals surface area contributed by atoms with Crippen molar-refractivity contribution in [1.29, 1.82) is 0 Å². The molecule has 0 saturated heterocycles. The topological polar surface area (TPSA) is 104 Å². The molecule has 0 aliphatic carbocycles. The Balaban J connectivity index is 2.09. The fourth-order valence-corrected chi connectivity index (χ4v) is 3.73. The van der Waals surface area contributed by atoms with Crippen molar-refractivity contribution >= 4 is 27.5 Å². The first-order valence-electron chi connectivity index (χ1n) is 8.44. The molecule has 144 valence electrons. The van der Waals surface area contributed by atoms with Crippen molar-refractivity contribution in [1.82, 2.24) is 10.0 Å². The van der Waals surface area contributed by atoms with Crippen LogP contribution in [0.2, 0.25) is 0 Å². The van der Waals surface area contributed by atoms with Crippen molar-refractivity contribution in [2.45, 2.75) is 38.3 Å². The summed E-state index contributed by atoms with van der Waals surface area (Å²) in [5.74, 6) is -0.564. The molecule has 8 heteroatoms. The zero-order valence-corrected chi connectivity index (χ0v) is 16.3. The second kappa shape index (κ2) is 8.79. The molecule has 0 unspecified atom stereocenters. The average molecular weight is 389 g/mol. The number of sulfonamides is 1. The van der Waals surface area contributed by atoms with Gasteiger partial charge < -0.3 is 10.6 Å². The molecule has 0 atom stereocenters. The largest absolute Gasteiger partial charge is 0.348 e. The first kappa shape index (κ1) is 20.6. The van der Waals surface area contributed by atoms with Crippen LogP contribution in [-0.4, -0.2) is 26.3 Å². The Kier molecular flexibility index (Phi) is 6.70. The third-order valence-electron chi connectivity index (χ3n) is 3.50. The van der Waals surface area contributed by atoms with E-state index in [2.05, 4.69) is 15.4 Å². The molecule has 7 nitrogen and oxygen atoms in total. The van der Waals surface area contributed by atoms with Crippen LogP contribution in [0.25, 0.3) is 0 Å². The second-order valence-corrected chi connectivity index (χ2v) is 8.08. The summed E-state index contributed by atoms with van der Waals surface area (Å²) in [6.45, 7) is 5.11. The number of benzene rings is 2. The molecule has 0 bridgehead atoms. The van der Waals surface area contributed by atoms with Gasteiger partial charge in [-0.3, -0.25) is 9.59 Å². The lowest BCUT2D eigenvalue weighted by molar-refractivity contribution is -0.114. The predicted octanol–water partition coefficient (Wildman–Crippen LogP) is 2.26. The van der Waals surface area contributed by atoms with E-state index in [0.717, 1.165) is 5.56 Å². The molecule has 0 aliphatic rings. The Morgan fingerprint density at radius 3 is 2.41 bits per heavy atom. The highest BCUT2D eigenvalue weighted by Gasteiger charge is 2.17. The van der Waals surface area contributed by atoms with Gasteiger partial charge in [0.15, 0.2) is 0 Å². The van der Waals surface area contributed by atoms with Gasteiger partial charge in [-0.05, 0) is 49.7 Å². The van der Waals surface area contributed by atoms with Gasteiger partial charge in [0.05, 0.1) is 4.90 Å². The molecule has 3 N–H and O–H groups in total. The maximum atomic E-state index is 12.4. The molecular formula is C19H23N3O4S. The van der Waals surface area contributed by atoms with Gasteiger partial charge in [0.25, 0.3) is 5.91 Å². The van der Waals surface area contributed by atoms with Crippen molar-refractivity contribution in [3.05, 3.63) is 59.7 Å². The zero-order valence-electron chi connectivity index (χ0n) is 15.4. The number of hydrogen-bond acceptors (Lipinski definition) is 4. The van der Waals surface area contributed by atoms with Crippen molar-refractivity contribution in [2.75, 3.05) is 5.32 Å². The minimum atomic E-state index is -3.67. The maximum Gasteiger partial charge on any atom is 0.251 e. The minimum absolute atomic E-state index is 0.0384. The van der Waals surface area contributed by atoms with Crippen molar-refractivity contribution in [3.8, 4) is 0 Å². The van der Waals surface area contributed by atoms with E-state index < -0.39 is 10.0 Å². The second-order valence-electron chi connectivity index (χ2n) is 6.37. The third kappa shape index (κ3) is 6.19. The Labute approximate surface area is 159 Å². The highest BCUT2D eigenvalue weighted by Crippen LogP contribution is 2.13. The van der Waals surface area contributed by atoms with E-state index >= 15 is 0 Å². The van der Waals surface area contributed by atoms with Crippen LogP contribution in [0.3, 0.4) is 0 Å². The van der Waals surface area contributed by atoms with E-state index in [1.54, 1.807) is 38.1 Å². The molecule has 2 aromatic rings. The Morgan fingerprint density at radius 1 is 1.04 bits per heavy atom. The number of amides is 2. The molecule has 0 spiro atoms. The van der Waals surface area contributed by atoms with Crippen molar-refractivity contribution in [3.63, 3.8) is 0 Å². The van der Waals surface area contributed by atoms with Gasteiger partial charge in [-0.2, -0.15) is 0 Å². The number of carbonyl (C=O) groups excluding carboxylic acids is 2.